The van der Waals surface area contributed by atoms with Gasteiger partial charge in [0.1, 0.15) is 0 Å². The third-order valence-corrected chi connectivity index (χ3v) is 3.25. The van der Waals surface area contributed by atoms with E-state index in [-0.39, 0.29) is 5.92 Å². The summed E-state index contributed by atoms with van der Waals surface area (Å²) < 4.78 is 39.6. The van der Waals surface area contributed by atoms with E-state index in [2.05, 4.69) is 10.4 Å². The normalized spacial score (nSPS) is 21.8. The van der Waals surface area contributed by atoms with Gasteiger partial charge in [-0.3, -0.25) is 4.68 Å². The van der Waals surface area contributed by atoms with Crippen molar-refractivity contribution in [2.75, 3.05) is 13.1 Å². The van der Waals surface area contributed by atoms with Crippen LogP contribution >= 0.6 is 0 Å². The van der Waals surface area contributed by atoms with Crippen LogP contribution in [0.25, 0.3) is 0 Å². The zero-order valence-electron chi connectivity index (χ0n) is 9.72. The average Bonchev–Trinajstić information content (AvgIpc) is 2.62. The van der Waals surface area contributed by atoms with Gasteiger partial charge >= 0.3 is 6.18 Å². The summed E-state index contributed by atoms with van der Waals surface area (Å²) in [5, 5.41) is 6.94. The van der Waals surface area contributed by atoms with Crippen molar-refractivity contribution >= 4 is 0 Å². The van der Waals surface area contributed by atoms with Gasteiger partial charge in [-0.15, -0.1) is 0 Å². The Kier molecular flexibility index (Phi) is 3.42. The molecule has 0 aromatic carbocycles. The third-order valence-electron chi connectivity index (χ3n) is 3.25. The molecule has 1 atom stereocenters. The molecule has 1 N–H and O–H groups in total. The van der Waals surface area contributed by atoms with Crippen molar-refractivity contribution in [3.8, 4) is 0 Å². The molecule has 1 unspecified atom stereocenters. The summed E-state index contributed by atoms with van der Waals surface area (Å²) in [5.74, 6) is 0.278. The zero-order valence-corrected chi connectivity index (χ0v) is 9.72. The van der Waals surface area contributed by atoms with Crippen LogP contribution in [0.5, 0.6) is 0 Å². The van der Waals surface area contributed by atoms with Gasteiger partial charge in [0.2, 0.25) is 0 Å². The molecule has 6 heteroatoms. The summed E-state index contributed by atoms with van der Waals surface area (Å²) in [5.41, 5.74) is -0.295. The van der Waals surface area contributed by atoms with Gasteiger partial charge in [-0.2, -0.15) is 18.3 Å². The lowest BCUT2D eigenvalue weighted by atomic mass is 9.93. The molecule has 1 aliphatic rings. The van der Waals surface area contributed by atoms with Crippen molar-refractivity contribution < 1.29 is 13.2 Å². The van der Waals surface area contributed by atoms with E-state index >= 15 is 0 Å². The largest absolute Gasteiger partial charge is 0.419 e. The van der Waals surface area contributed by atoms with Crippen molar-refractivity contribution in [3.05, 3.63) is 17.5 Å². The Morgan fingerprint density at radius 2 is 2.29 bits per heavy atom. The van der Waals surface area contributed by atoms with Crippen LogP contribution in [0.4, 0.5) is 13.2 Å². The molecule has 0 spiro atoms. The van der Waals surface area contributed by atoms with Gasteiger partial charge in [0.15, 0.2) is 0 Å². The van der Waals surface area contributed by atoms with Gasteiger partial charge in [-0.1, -0.05) is 0 Å². The number of nitrogens with one attached hydrogen (secondary N) is 1. The molecule has 96 valence electrons. The van der Waals surface area contributed by atoms with Gasteiger partial charge in [0.05, 0.1) is 17.5 Å². The van der Waals surface area contributed by atoms with E-state index in [0.29, 0.717) is 12.1 Å². The maximum absolute atomic E-state index is 12.7. The van der Waals surface area contributed by atoms with Crippen molar-refractivity contribution in [2.24, 2.45) is 13.0 Å². The number of aromatic nitrogens is 2. The molecule has 1 aromatic rings. The van der Waals surface area contributed by atoms with Gasteiger partial charge in [0, 0.05) is 7.05 Å². The minimum absolute atomic E-state index is 0.278. The highest BCUT2D eigenvalue weighted by Crippen LogP contribution is 2.33. The standard InChI is InChI=1S/C11H16F3N3/c1-17-10(5-8-3-2-4-15-6-8)9(7-16-17)11(12,13)14/h7-8,15H,2-6H2,1H3. The van der Waals surface area contributed by atoms with E-state index in [1.165, 1.54) is 4.68 Å². The quantitative estimate of drug-likeness (QED) is 0.866. The summed E-state index contributed by atoms with van der Waals surface area (Å²) in [6.45, 7) is 1.76. The Bertz CT molecular complexity index is 378. The molecule has 3 nitrogen and oxygen atoms in total. The molecule has 2 rings (SSSR count). The maximum Gasteiger partial charge on any atom is 0.419 e. The molecule has 1 fully saturated rings. The van der Waals surface area contributed by atoms with Gasteiger partial charge in [-0.25, -0.2) is 0 Å². The highest BCUT2D eigenvalue weighted by atomic mass is 19.4. The van der Waals surface area contributed by atoms with Crippen LogP contribution in [0.3, 0.4) is 0 Å². The summed E-state index contributed by atoms with van der Waals surface area (Å²) >= 11 is 0. The third kappa shape index (κ3) is 2.80. The number of rotatable bonds is 2. The van der Waals surface area contributed by atoms with E-state index in [4.69, 9.17) is 0 Å². The second kappa shape index (κ2) is 4.68. The van der Waals surface area contributed by atoms with Crippen molar-refractivity contribution in [1.29, 1.82) is 0 Å². The van der Waals surface area contributed by atoms with Crippen LogP contribution in [-0.4, -0.2) is 22.9 Å². The second-order valence-corrected chi connectivity index (χ2v) is 4.54. The Labute approximate surface area is 98.0 Å². The molecule has 1 aromatic heterocycles. The summed E-state index contributed by atoms with van der Waals surface area (Å²) in [6, 6.07) is 0. The SMILES string of the molecule is Cn1ncc(C(F)(F)F)c1CC1CCCNC1. The highest BCUT2D eigenvalue weighted by Gasteiger charge is 2.36. The van der Waals surface area contributed by atoms with Crippen LogP contribution in [0.15, 0.2) is 6.20 Å². The lowest BCUT2D eigenvalue weighted by molar-refractivity contribution is -0.138. The van der Waals surface area contributed by atoms with Crippen LogP contribution in [0.2, 0.25) is 0 Å². The van der Waals surface area contributed by atoms with E-state index in [1.807, 2.05) is 0 Å². The number of alkyl halides is 3. The Morgan fingerprint density at radius 3 is 2.88 bits per heavy atom. The predicted octanol–water partition coefficient (Wildman–Crippen LogP) is 1.98. The Hall–Kier alpha value is -1.04. The van der Waals surface area contributed by atoms with Gasteiger partial charge < -0.3 is 5.32 Å². The minimum Gasteiger partial charge on any atom is -0.316 e. The fourth-order valence-electron chi connectivity index (χ4n) is 2.31. The number of halogens is 3. The van der Waals surface area contributed by atoms with E-state index in [9.17, 15) is 13.2 Å². The van der Waals surface area contributed by atoms with Crippen molar-refractivity contribution in [1.82, 2.24) is 15.1 Å². The van der Waals surface area contributed by atoms with E-state index < -0.39 is 11.7 Å². The molecule has 1 aliphatic heterocycles. The molecule has 0 saturated carbocycles. The Morgan fingerprint density at radius 1 is 1.53 bits per heavy atom. The molecule has 0 amide bonds. The number of hydrogen-bond acceptors (Lipinski definition) is 2. The zero-order chi connectivity index (χ0) is 12.5. The molecule has 2 heterocycles. The molecule has 0 radical (unpaired) electrons. The topological polar surface area (TPSA) is 29.9 Å². The molecule has 1 saturated heterocycles. The molecule has 17 heavy (non-hydrogen) atoms. The van der Waals surface area contributed by atoms with Crippen molar-refractivity contribution in [2.45, 2.75) is 25.4 Å². The van der Waals surface area contributed by atoms with Crippen molar-refractivity contribution in [3.63, 3.8) is 0 Å². The first-order valence-electron chi connectivity index (χ1n) is 5.77. The molecule has 0 bridgehead atoms. The van der Waals surface area contributed by atoms with E-state index in [1.54, 1.807) is 7.05 Å². The number of piperidine rings is 1. The van der Waals surface area contributed by atoms with Gasteiger partial charge in [0.25, 0.3) is 0 Å². The van der Waals surface area contributed by atoms with Crippen LogP contribution in [0, 0.1) is 5.92 Å². The first kappa shape index (κ1) is 12.4. The van der Waals surface area contributed by atoms with Gasteiger partial charge in [-0.05, 0) is 38.3 Å². The van der Waals surface area contributed by atoms with Crippen LogP contribution < -0.4 is 5.32 Å². The number of nitrogens with zero attached hydrogens (tertiary/aromatic N) is 2. The number of aryl methyl sites for hydroxylation is 1. The molecule has 0 aliphatic carbocycles. The van der Waals surface area contributed by atoms with Crippen LogP contribution in [-0.2, 0) is 19.6 Å². The fraction of sp³-hybridized carbons (Fsp3) is 0.727. The first-order chi connectivity index (χ1) is 7.98. The monoisotopic (exact) mass is 247 g/mol. The Balaban J connectivity index is 2.16. The maximum atomic E-state index is 12.7. The summed E-state index contributed by atoms with van der Waals surface area (Å²) in [4.78, 5) is 0. The minimum atomic E-state index is -4.30. The van der Waals surface area contributed by atoms with E-state index in [0.717, 1.165) is 32.1 Å². The summed E-state index contributed by atoms with van der Waals surface area (Å²) in [7, 11) is 1.57. The highest BCUT2D eigenvalue weighted by molar-refractivity contribution is 5.21. The lowest BCUT2D eigenvalue weighted by Crippen LogP contribution is -2.31. The molecular formula is C11H16F3N3. The smallest absolute Gasteiger partial charge is 0.316 e. The second-order valence-electron chi connectivity index (χ2n) is 4.54. The fourth-order valence-corrected chi connectivity index (χ4v) is 2.31. The van der Waals surface area contributed by atoms with Crippen LogP contribution in [0.1, 0.15) is 24.1 Å². The number of hydrogen-bond donors (Lipinski definition) is 1. The lowest BCUT2D eigenvalue weighted by Gasteiger charge is -2.23. The first-order valence-corrected chi connectivity index (χ1v) is 5.77. The summed E-state index contributed by atoms with van der Waals surface area (Å²) in [6.07, 6.45) is -0.922. The molecular weight excluding hydrogens is 231 g/mol. The average molecular weight is 247 g/mol. The predicted molar refractivity (Wildman–Crippen MR) is 57.5 cm³/mol.